The first kappa shape index (κ1) is 11.2. The predicted octanol–water partition coefficient (Wildman–Crippen LogP) is 3.64. The number of hydrogen-bond acceptors (Lipinski definition) is 1. The molecule has 76 valence electrons. The maximum atomic E-state index is 10.5. The third-order valence-electron chi connectivity index (χ3n) is 2.10. The molecule has 1 heteroatoms. The van der Waals surface area contributed by atoms with Gasteiger partial charge in [0.15, 0.2) is 0 Å². The predicted molar refractivity (Wildman–Crippen MR) is 64.8 cm³/mol. The second kappa shape index (κ2) is 5.76. The maximum Gasteiger partial charge on any atom is 0.150 e. The van der Waals surface area contributed by atoms with E-state index >= 15 is 0 Å². The molecule has 0 fully saturated rings. The van der Waals surface area contributed by atoms with Crippen LogP contribution in [0.15, 0.2) is 55.1 Å². The van der Waals surface area contributed by atoms with Crippen LogP contribution in [-0.2, 0) is 0 Å². The zero-order valence-electron chi connectivity index (χ0n) is 8.81. The summed E-state index contributed by atoms with van der Waals surface area (Å²) >= 11 is 0. The highest BCUT2D eigenvalue weighted by Crippen LogP contribution is 2.16. The smallest absolute Gasteiger partial charge is 0.150 e. The summed E-state index contributed by atoms with van der Waals surface area (Å²) in [6, 6.07) is 7.50. The number of aldehydes is 1. The Hall–Kier alpha value is -1.89. The molecule has 0 amide bonds. The van der Waals surface area contributed by atoms with Crippen LogP contribution >= 0.6 is 0 Å². The van der Waals surface area contributed by atoms with Gasteiger partial charge in [-0.15, -0.1) is 0 Å². The molecule has 0 N–H and O–H groups in total. The summed E-state index contributed by atoms with van der Waals surface area (Å²) in [7, 11) is 0. The minimum atomic E-state index is 0.696. The fourth-order valence-corrected chi connectivity index (χ4v) is 1.28. The van der Waals surface area contributed by atoms with Crippen molar-refractivity contribution < 1.29 is 4.79 Å². The Balaban J connectivity index is 2.98. The normalized spacial score (nSPS) is 11.7. The highest BCUT2D eigenvalue weighted by Gasteiger charge is 1.96. The lowest BCUT2D eigenvalue weighted by Crippen LogP contribution is -1.83. The number of benzene rings is 1. The van der Waals surface area contributed by atoms with Gasteiger partial charge in [-0.1, -0.05) is 55.1 Å². The van der Waals surface area contributed by atoms with Crippen molar-refractivity contribution in [2.24, 2.45) is 0 Å². The first-order valence-corrected chi connectivity index (χ1v) is 4.83. The van der Waals surface area contributed by atoms with E-state index in [0.29, 0.717) is 5.56 Å². The van der Waals surface area contributed by atoms with Crippen molar-refractivity contribution in [3.05, 3.63) is 66.3 Å². The van der Waals surface area contributed by atoms with E-state index in [-0.39, 0.29) is 0 Å². The largest absolute Gasteiger partial charge is 0.298 e. The minimum Gasteiger partial charge on any atom is -0.298 e. The van der Waals surface area contributed by atoms with Crippen LogP contribution in [0.5, 0.6) is 0 Å². The summed E-state index contributed by atoms with van der Waals surface area (Å²) in [5.74, 6) is 0. The average Bonchev–Trinajstić information content (AvgIpc) is 2.31. The van der Waals surface area contributed by atoms with Crippen LogP contribution in [0.2, 0.25) is 0 Å². The SMILES string of the molecule is C=C/C=C\C(=C/C)c1ccc(C=O)cc1. The van der Waals surface area contributed by atoms with Gasteiger partial charge in [0.25, 0.3) is 0 Å². The van der Waals surface area contributed by atoms with Crippen molar-refractivity contribution in [1.82, 2.24) is 0 Å². The van der Waals surface area contributed by atoms with Gasteiger partial charge in [0.05, 0.1) is 0 Å². The minimum absolute atomic E-state index is 0.696. The molecular formula is C14H14O. The standard InChI is InChI=1S/C14H14O/c1-3-5-6-13(4-2)14-9-7-12(11-15)8-10-14/h3-11H,1H2,2H3/b6-5-,13-4+. The summed E-state index contributed by atoms with van der Waals surface area (Å²) < 4.78 is 0. The van der Waals surface area contributed by atoms with Gasteiger partial charge in [-0.3, -0.25) is 4.79 Å². The Morgan fingerprint density at radius 1 is 1.27 bits per heavy atom. The summed E-state index contributed by atoms with van der Waals surface area (Å²) in [6.45, 7) is 5.61. The average molecular weight is 198 g/mol. The summed E-state index contributed by atoms with van der Waals surface area (Å²) in [4.78, 5) is 10.5. The molecule has 0 aliphatic carbocycles. The van der Waals surface area contributed by atoms with Gasteiger partial charge in [0, 0.05) is 5.56 Å². The molecule has 0 radical (unpaired) electrons. The van der Waals surface area contributed by atoms with Crippen LogP contribution in [-0.4, -0.2) is 6.29 Å². The molecule has 1 aromatic rings. The molecular weight excluding hydrogens is 184 g/mol. The Labute approximate surface area is 90.4 Å². The van der Waals surface area contributed by atoms with Gasteiger partial charge < -0.3 is 0 Å². The quantitative estimate of drug-likeness (QED) is 0.533. The van der Waals surface area contributed by atoms with E-state index in [9.17, 15) is 4.79 Å². The first-order chi connectivity index (χ1) is 7.31. The number of rotatable bonds is 4. The topological polar surface area (TPSA) is 17.1 Å². The lowest BCUT2D eigenvalue weighted by Gasteiger charge is -2.01. The molecule has 0 heterocycles. The van der Waals surface area contributed by atoms with E-state index in [0.717, 1.165) is 17.4 Å². The Morgan fingerprint density at radius 3 is 2.40 bits per heavy atom. The Morgan fingerprint density at radius 2 is 1.93 bits per heavy atom. The van der Waals surface area contributed by atoms with E-state index in [2.05, 4.69) is 6.58 Å². The Kier molecular flexibility index (Phi) is 4.30. The second-order valence-corrected chi connectivity index (χ2v) is 3.08. The molecule has 0 unspecified atom stereocenters. The lowest BCUT2D eigenvalue weighted by molar-refractivity contribution is 0.112. The monoisotopic (exact) mass is 198 g/mol. The molecule has 15 heavy (non-hydrogen) atoms. The zero-order chi connectivity index (χ0) is 11.1. The molecule has 1 rings (SSSR count). The molecule has 0 spiro atoms. The second-order valence-electron chi connectivity index (χ2n) is 3.08. The summed E-state index contributed by atoms with van der Waals surface area (Å²) in [5, 5.41) is 0. The number of carbonyl (C=O) groups is 1. The maximum absolute atomic E-state index is 10.5. The van der Waals surface area contributed by atoms with Crippen molar-refractivity contribution in [3.8, 4) is 0 Å². The van der Waals surface area contributed by atoms with E-state index in [1.165, 1.54) is 0 Å². The molecule has 1 nitrogen and oxygen atoms in total. The highest BCUT2D eigenvalue weighted by molar-refractivity contribution is 5.78. The van der Waals surface area contributed by atoms with Crippen molar-refractivity contribution in [3.63, 3.8) is 0 Å². The van der Waals surface area contributed by atoms with Gasteiger partial charge in [0.2, 0.25) is 0 Å². The van der Waals surface area contributed by atoms with Crippen LogP contribution in [0.3, 0.4) is 0 Å². The molecule has 0 bridgehead atoms. The van der Waals surface area contributed by atoms with E-state index in [4.69, 9.17) is 0 Å². The van der Waals surface area contributed by atoms with Gasteiger partial charge >= 0.3 is 0 Å². The molecule has 0 aliphatic heterocycles. The van der Waals surface area contributed by atoms with Crippen LogP contribution < -0.4 is 0 Å². The van der Waals surface area contributed by atoms with Crippen LogP contribution in [0.25, 0.3) is 5.57 Å². The zero-order valence-corrected chi connectivity index (χ0v) is 8.81. The van der Waals surface area contributed by atoms with Crippen molar-refractivity contribution in [2.45, 2.75) is 6.92 Å². The van der Waals surface area contributed by atoms with Crippen LogP contribution in [0.1, 0.15) is 22.8 Å². The third kappa shape index (κ3) is 3.06. The van der Waals surface area contributed by atoms with Crippen molar-refractivity contribution in [1.29, 1.82) is 0 Å². The lowest BCUT2D eigenvalue weighted by atomic mass is 10.0. The molecule has 0 aliphatic rings. The molecule has 0 aromatic heterocycles. The first-order valence-electron chi connectivity index (χ1n) is 4.83. The summed E-state index contributed by atoms with van der Waals surface area (Å²) in [6.07, 6.45) is 8.49. The molecule has 0 atom stereocenters. The van der Waals surface area contributed by atoms with E-state index < -0.39 is 0 Å². The van der Waals surface area contributed by atoms with Crippen LogP contribution in [0, 0.1) is 0 Å². The van der Waals surface area contributed by atoms with Gasteiger partial charge in [-0.05, 0) is 18.1 Å². The van der Waals surface area contributed by atoms with Crippen LogP contribution in [0.4, 0.5) is 0 Å². The molecule has 1 aromatic carbocycles. The highest BCUT2D eigenvalue weighted by atomic mass is 16.1. The number of hydrogen-bond donors (Lipinski definition) is 0. The van der Waals surface area contributed by atoms with Gasteiger partial charge in [-0.25, -0.2) is 0 Å². The number of carbonyl (C=O) groups excluding carboxylic acids is 1. The molecule has 0 saturated heterocycles. The van der Waals surface area contributed by atoms with Crippen molar-refractivity contribution >= 4 is 11.9 Å². The number of allylic oxidation sites excluding steroid dienone is 5. The fraction of sp³-hybridized carbons (Fsp3) is 0.0714. The van der Waals surface area contributed by atoms with Crippen molar-refractivity contribution in [2.75, 3.05) is 0 Å². The van der Waals surface area contributed by atoms with E-state index in [1.54, 1.807) is 6.08 Å². The fourth-order valence-electron chi connectivity index (χ4n) is 1.28. The van der Waals surface area contributed by atoms with Gasteiger partial charge in [-0.2, -0.15) is 0 Å². The Bertz CT molecular complexity index is 394. The summed E-state index contributed by atoms with van der Waals surface area (Å²) in [5.41, 5.74) is 2.91. The molecule has 0 saturated carbocycles. The van der Waals surface area contributed by atoms with E-state index in [1.807, 2.05) is 49.4 Å². The third-order valence-corrected chi connectivity index (χ3v) is 2.10. The van der Waals surface area contributed by atoms with Gasteiger partial charge in [0.1, 0.15) is 6.29 Å².